The van der Waals surface area contributed by atoms with Gasteiger partial charge in [-0.25, -0.2) is 9.97 Å². The van der Waals surface area contributed by atoms with E-state index in [9.17, 15) is 0 Å². The van der Waals surface area contributed by atoms with Crippen LogP contribution in [0.2, 0.25) is 5.15 Å². The summed E-state index contributed by atoms with van der Waals surface area (Å²) in [4.78, 5) is 9.34. The molecule has 1 aliphatic heterocycles. The monoisotopic (exact) mass is 364 g/mol. The van der Waals surface area contributed by atoms with Crippen LogP contribution in [-0.4, -0.2) is 16.6 Å². The Morgan fingerprint density at radius 3 is 2.76 bits per heavy atom. The van der Waals surface area contributed by atoms with Crippen molar-refractivity contribution >= 4 is 27.5 Å². The molecule has 1 fully saturated rings. The lowest BCUT2D eigenvalue weighted by molar-refractivity contribution is 0.274. The summed E-state index contributed by atoms with van der Waals surface area (Å²) in [6, 6.07) is 8.12. The molecular formula is C16H14BrClN2O. The van der Waals surface area contributed by atoms with E-state index < -0.39 is 0 Å². The number of aromatic nitrogens is 2. The van der Waals surface area contributed by atoms with E-state index >= 15 is 0 Å². The maximum atomic E-state index is 6.31. The quantitative estimate of drug-likeness (QED) is 0.725. The Morgan fingerprint density at radius 2 is 1.95 bits per heavy atom. The van der Waals surface area contributed by atoms with Gasteiger partial charge in [0, 0.05) is 11.5 Å². The van der Waals surface area contributed by atoms with Crippen LogP contribution >= 0.6 is 27.5 Å². The second-order valence-corrected chi connectivity index (χ2v) is 6.72. The molecule has 0 amide bonds. The number of benzene rings is 1. The molecule has 2 aromatic rings. The van der Waals surface area contributed by atoms with Crippen molar-refractivity contribution in [2.45, 2.75) is 31.1 Å². The predicted octanol–water partition coefficient (Wildman–Crippen LogP) is 4.68. The zero-order valence-corrected chi connectivity index (χ0v) is 13.7. The molecule has 0 saturated heterocycles. The molecule has 1 aromatic carbocycles. The zero-order valence-electron chi connectivity index (χ0n) is 11.4. The highest BCUT2D eigenvalue weighted by molar-refractivity contribution is 9.10. The summed E-state index contributed by atoms with van der Waals surface area (Å²) in [7, 11) is 0. The summed E-state index contributed by atoms with van der Waals surface area (Å²) >= 11 is 9.84. The molecule has 2 heterocycles. The number of nitrogens with zero attached hydrogens (tertiary/aromatic N) is 2. The second-order valence-electron chi connectivity index (χ2n) is 5.57. The number of hydrogen-bond acceptors (Lipinski definition) is 3. The number of fused-ring (bicyclic) bond motifs is 1. The van der Waals surface area contributed by atoms with E-state index in [4.69, 9.17) is 21.3 Å². The molecule has 0 spiro atoms. The van der Waals surface area contributed by atoms with Crippen molar-refractivity contribution in [1.82, 2.24) is 9.97 Å². The average Bonchev–Trinajstić information content (AvgIpc) is 3.34. The number of para-hydroxylation sites is 1. The van der Waals surface area contributed by atoms with Gasteiger partial charge in [-0.05, 0) is 41.3 Å². The fraction of sp³-hybridized carbons (Fsp3) is 0.375. The second kappa shape index (κ2) is 5.25. The van der Waals surface area contributed by atoms with Gasteiger partial charge in [0.15, 0.2) is 0 Å². The average molecular weight is 366 g/mol. The van der Waals surface area contributed by atoms with Crippen molar-refractivity contribution in [3.05, 3.63) is 51.0 Å². The van der Waals surface area contributed by atoms with E-state index in [0.717, 1.165) is 33.7 Å². The minimum atomic E-state index is 0.165. The normalized spacial score (nSPS) is 20.8. The van der Waals surface area contributed by atoms with Gasteiger partial charge in [0.05, 0.1) is 22.7 Å². The molecular weight excluding hydrogens is 352 g/mol. The first kappa shape index (κ1) is 13.5. The lowest BCUT2D eigenvalue weighted by Gasteiger charge is -2.25. The van der Waals surface area contributed by atoms with Crippen molar-refractivity contribution in [3.8, 4) is 5.75 Å². The molecule has 0 N–H and O–H groups in total. The Bertz CT molecular complexity index is 703. The molecule has 1 unspecified atom stereocenters. The largest absolute Gasteiger partial charge is 0.493 e. The number of halogens is 2. The van der Waals surface area contributed by atoms with Gasteiger partial charge in [-0.1, -0.05) is 29.8 Å². The standard InChI is InChI=1S/C16H14BrClN2O/c17-13-14(9-5-6-9)19-16(20-15(13)18)11-7-8-21-12-4-2-1-3-10(11)12/h1-4,9,11H,5-8H2. The first-order valence-corrected chi connectivity index (χ1v) is 8.35. The highest BCUT2D eigenvalue weighted by atomic mass is 79.9. The topological polar surface area (TPSA) is 35.0 Å². The first-order chi connectivity index (χ1) is 10.2. The highest BCUT2D eigenvalue weighted by Crippen LogP contribution is 2.45. The SMILES string of the molecule is Clc1nc(C2CCOc3ccccc32)nc(C2CC2)c1Br. The van der Waals surface area contributed by atoms with Crippen molar-refractivity contribution < 1.29 is 4.74 Å². The van der Waals surface area contributed by atoms with Crippen LogP contribution in [0, 0.1) is 0 Å². The Morgan fingerprint density at radius 1 is 1.14 bits per heavy atom. The van der Waals surface area contributed by atoms with Crippen LogP contribution in [-0.2, 0) is 0 Å². The van der Waals surface area contributed by atoms with E-state index in [0.29, 0.717) is 17.7 Å². The van der Waals surface area contributed by atoms with E-state index in [-0.39, 0.29) is 5.92 Å². The van der Waals surface area contributed by atoms with Gasteiger partial charge in [0.1, 0.15) is 16.7 Å². The molecule has 3 nitrogen and oxygen atoms in total. The summed E-state index contributed by atoms with van der Waals surface area (Å²) in [5.74, 6) is 2.46. The minimum Gasteiger partial charge on any atom is -0.493 e. The van der Waals surface area contributed by atoms with Gasteiger partial charge in [-0.15, -0.1) is 0 Å². The predicted molar refractivity (Wildman–Crippen MR) is 85.1 cm³/mol. The van der Waals surface area contributed by atoms with Crippen LogP contribution in [0.4, 0.5) is 0 Å². The summed E-state index contributed by atoms with van der Waals surface area (Å²) in [6.07, 6.45) is 3.27. The molecule has 4 rings (SSSR count). The van der Waals surface area contributed by atoms with Gasteiger partial charge < -0.3 is 4.74 Å². The third-order valence-corrected chi connectivity index (χ3v) is 5.37. The summed E-state index contributed by atoms with van der Waals surface area (Å²) in [6.45, 7) is 0.692. The zero-order chi connectivity index (χ0) is 14.4. The van der Waals surface area contributed by atoms with Gasteiger partial charge in [-0.3, -0.25) is 0 Å². The number of rotatable bonds is 2. The molecule has 0 bridgehead atoms. The molecule has 108 valence electrons. The Kier molecular flexibility index (Phi) is 3.38. The van der Waals surface area contributed by atoms with E-state index in [1.165, 1.54) is 12.8 Å². The van der Waals surface area contributed by atoms with Crippen LogP contribution in [0.5, 0.6) is 5.75 Å². The van der Waals surface area contributed by atoms with E-state index in [1.54, 1.807) is 0 Å². The molecule has 21 heavy (non-hydrogen) atoms. The van der Waals surface area contributed by atoms with Gasteiger partial charge in [0.25, 0.3) is 0 Å². The van der Waals surface area contributed by atoms with Crippen LogP contribution in [0.3, 0.4) is 0 Å². The third kappa shape index (κ3) is 2.44. The van der Waals surface area contributed by atoms with Crippen LogP contribution in [0.1, 0.15) is 48.2 Å². The van der Waals surface area contributed by atoms with Crippen LogP contribution in [0.15, 0.2) is 28.7 Å². The number of hydrogen-bond donors (Lipinski definition) is 0. The molecule has 0 radical (unpaired) electrons. The highest BCUT2D eigenvalue weighted by Gasteiger charge is 2.32. The van der Waals surface area contributed by atoms with E-state index in [2.05, 4.69) is 27.0 Å². The fourth-order valence-electron chi connectivity index (χ4n) is 2.85. The van der Waals surface area contributed by atoms with Crippen molar-refractivity contribution in [2.75, 3.05) is 6.61 Å². The summed E-state index contributed by atoms with van der Waals surface area (Å²) in [5.41, 5.74) is 2.22. The molecule has 1 aromatic heterocycles. The summed E-state index contributed by atoms with van der Waals surface area (Å²) < 4.78 is 6.58. The van der Waals surface area contributed by atoms with Gasteiger partial charge >= 0.3 is 0 Å². The Labute approximate surface area is 136 Å². The van der Waals surface area contributed by atoms with Crippen molar-refractivity contribution in [2.24, 2.45) is 0 Å². The van der Waals surface area contributed by atoms with E-state index in [1.807, 2.05) is 18.2 Å². The van der Waals surface area contributed by atoms with Crippen LogP contribution in [0.25, 0.3) is 0 Å². The third-order valence-electron chi connectivity index (χ3n) is 4.09. The number of ether oxygens (including phenoxy) is 1. The van der Waals surface area contributed by atoms with Gasteiger partial charge in [-0.2, -0.15) is 0 Å². The molecule has 2 aliphatic rings. The van der Waals surface area contributed by atoms with Gasteiger partial charge in [0.2, 0.25) is 0 Å². The lowest BCUT2D eigenvalue weighted by atomic mass is 9.92. The maximum absolute atomic E-state index is 6.31. The molecule has 1 aliphatic carbocycles. The molecule has 5 heteroatoms. The van der Waals surface area contributed by atoms with Crippen LogP contribution < -0.4 is 4.74 Å². The maximum Gasteiger partial charge on any atom is 0.147 e. The van der Waals surface area contributed by atoms with Crippen molar-refractivity contribution in [1.29, 1.82) is 0 Å². The molecule has 1 saturated carbocycles. The minimum absolute atomic E-state index is 0.165. The Hall–Kier alpha value is -1.13. The Balaban J connectivity index is 1.81. The van der Waals surface area contributed by atoms with Crippen molar-refractivity contribution in [3.63, 3.8) is 0 Å². The first-order valence-electron chi connectivity index (χ1n) is 7.18. The molecule has 1 atom stereocenters. The smallest absolute Gasteiger partial charge is 0.147 e. The fourth-order valence-corrected chi connectivity index (χ4v) is 3.53. The summed E-state index contributed by atoms with van der Waals surface area (Å²) in [5, 5.41) is 0.519. The lowest BCUT2D eigenvalue weighted by Crippen LogP contribution is -2.18.